The van der Waals surface area contributed by atoms with Crippen LogP contribution in [0.1, 0.15) is 37.8 Å². The Morgan fingerprint density at radius 3 is 2.53 bits per heavy atom. The second kappa shape index (κ2) is 8.57. The number of rotatable bonds is 6. The number of hydrogen-bond donors (Lipinski definition) is 1. The van der Waals surface area contributed by atoms with Crippen molar-refractivity contribution in [2.24, 2.45) is 0 Å². The maximum Gasteiger partial charge on any atom is 0.243 e. The lowest BCUT2D eigenvalue weighted by molar-refractivity contribution is -0.115. The fraction of sp³-hybridized carbons (Fsp3) is 0.364. The highest BCUT2D eigenvalue weighted by molar-refractivity contribution is 7.89. The van der Waals surface area contributed by atoms with Crippen LogP contribution in [0.4, 0.5) is 5.69 Å². The maximum atomic E-state index is 12.9. The number of fused-ring (bicyclic) bond motifs is 1. The summed E-state index contributed by atoms with van der Waals surface area (Å²) in [6.45, 7) is 0. The molecule has 1 N–H and O–H groups in total. The number of carbonyl (C=O) groups is 1. The third kappa shape index (κ3) is 4.24. The van der Waals surface area contributed by atoms with Crippen LogP contribution in [0.3, 0.4) is 0 Å². The first kappa shape index (κ1) is 20.6. The number of nitrogens with one attached hydrogen (secondary N) is 1. The van der Waals surface area contributed by atoms with Crippen molar-refractivity contribution in [2.45, 2.75) is 49.5 Å². The summed E-state index contributed by atoms with van der Waals surface area (Å²) < 4.78 is 32.6. The number of anilines is 1. The Hall–Kier alpha value is -2.71. The normalized spacial score (nSPS) is 15.5. The number of hydrogen-bond acceptors (Lipinski definition) is 5. The van der Waals surface area contributed by atoms with Gasteiger partial charge in [-0.2, -0.15) is 4.31 Å². The van der Waals surface area contributed by atoms with E-state index in [9.17, 15) is 13.2 Å². The van der Waals surface area contributed by atoms with Gasteiger partial charge in [0.25, 0.3) is 0 Å². The van der Waals surface area contributed by atoms with Crippen molar-refractivity contribution in [1.29, 1.82) is 0 Å². The van der Waals surface area contributed by atoms with E-state index >= 15 is 0 Å². The van der Waals surface area contributed by atoms with Gasteiger partial charge in [-0.25, -0.2) is 8.42 Å². The van der Waals surface area contributed by atoms with Gasteiger partial charge in [-0.3, -0.25) is 4.79 Å². The first-order valence-electron chi connectivity index (χ1n) is 10.2. The summed E-state index contributed by atoms with van der Waals surface area (Å²) in [6, 6.07) is 13.7. The van der Waals surface area contributed by atoms with Gasteiger partial charge in [0.15, 0.2) is 5.58 Å². The quantitative estimate of drug-likeness (QED) is 0.643. The number of aromatic nitrogens is 1. The monoisotopic (exact) mass is 427 g/mol. The number of amides is 1. The Labute approximate surface area is 176 Å². The number of carbonyl (C=O) groups excluding carboxylic acids is 1. The van der Waals surface area contributed by atoms with Crippen molar-refractivity contribution < 1.29 is 17.7 Å². The molecule has 4 rings (SSSR count). The molecule has 0 aliphatic heterocycles. The molecule has 7 nitrogen and oxygen atoms in total. The lowest BCUT2D eigenvalue weighted by Crippen LogP contribution is -2.38. The van der Waals surface area contributed by atoms with E-state index in [0.29, 0.717) is 17.0 Å². The highest BCUT2D eigenvalue weighted by atomic mass is 32.2. The van der Waals surface area contributed by atoms with Crippen molar-refractivity contribution >= 4 is 32.6 Å². The Morgan fingerprint density at radius 2 is 1.80 bits per heavy atom. The standard InChI is InChI=1S/C22H25N3O4S/c1-25(17-7-3-2-4-8-17)30(27,28)18-13-11-16(12-14-18)23-22(26)15-20-19-9-5-6-10-21(19)29-24-20/h5-6,9-14,17H,2-4,7-8,15H2,1H3,(H,23,26). The van der Waals surface area contributed by atoms with Gasteiger partial charge in [-0.15, -0.1) is 0 Å². The summed E-state index contributed by atoms with van der Waals surface area (Å²) in [7, 11) is -1.89. The predicted molar refractivity (Wildman–Crippen MR) is 115 cm³/mol. The van der Waals surface area contributed by atoms with Crippen molar-refractivity contribution in [1.82, 2.24) is 9.46 Å². The molecule has 0 radical (unpaired) electrons. The van der Waals surface area contributed by atoms with Gasteiger partial charge in [-0.05, 0) is 49.2 Å². The molecule has 0 saturated heterocycles. The van der Waals surface area contributed by atoms with Crippen molar-refractivity contribution in [3.8, 4) is 0 Å². The topological polar surface area (TPSA) is 92.5 Å². The molecular formula is C22H25N3O4S. The van der Waals surface area contributed by atoms with E-state index in [1.54, 1.807) is 25.2 Å². The summed E-state index contributed by atoms with van der Waals surface area (Å²) in [5, 5.41) is 7.56. The van der Waals surface area contributed by atoms with Crippen LogP contribution in [-0.2, 0) is 21.2 Å². The fourth-order valence-corrected chi connectivity index (χ4v) is 5.36. The number of benzene rings is 2. The maximum absolute atomic E-state index is 12.9. The second-order valence-electron chi connectivity index (χ2n) is 7.69. The first-order chi connectivity index (χ1) is 14.4. The molecule has 1 fully saturated rings. The van der Waals surface area contributed by atoms with Gasteiger partial charge in [0, 0.05) is 24.2 Å². The molecule has 0 unspecified atom stereocenters. The second-order valence-corrected chi connectivity index (χ2v) is 9.69. The Bertz CT molecular complexity index is 1130. The minimum Gasteiger partial charge on any atom is -0.356 e. The van der Waals surface area contributed by atoms with Crippen LogP contribution < -0.4 is 5.32 Å². The fourth-order valence-electron chi connectivity index (χ4n) is 3.94. The van der Waals surface area contributed by atoms with Crippen LogP contribution in [-0.4, -0.2) is 36.9 Å². The Kier molecular flexibility index (Phi) is 5.87. The molecular weight excluding hydrogens is 402 g/mol. The molecule has 158 valence electrons. The van der Waals surface area contributed by atoms with Crippen LogP contribution in [0.5, 0.6) is 0 Å². The minimum absolute atomic E-state index is 0.0559. The van der Waals surface area contributed by atoms with Crippen LogP contribution >= 0.6 is 0 Å². The zero-order valence-corrected chi connectivity index (χ0v) is 17.7. The van der Waals surface area contributed by atoms with Gasteiger partial charge in [0.05, 0.1) is 11.3 Å². The molecule has 2 aromatic carbocycles. The Balaban J connectivity index is 1.42. The summed E-state index contributed by atoms with van der Waals surface area (Å²) >= 11 is 0. The molecule has 0 atom stereocenters. The van der Waals surface area contributed by atoms with E-state index in [1.165, 1.54) is 22.9 Å². The summed E-state index contributed by atoms with van der Waals surface area (Å²) in [5.41, 5.74) is 1.74. The van der Waals surface area contributed by atoms with E-state index in [4.69, 9.17) is 4.52 Å². The van der Waals surface area contributed by atoms with E-state index in [-0.39, 0.29) is 23.3 Å². The van der Waals surface area contributed by atoms with Crippen LogP contribution in [0.25, 0.3) is 11.0 Å². The first-order valence-corrected chi connectivity index (χ1v) is 11.6. The summed E-state index contributed by atoms with van der Waals surface area (Å²) in [5.74, 6) is -0.246. The van der Waals surface area contributed by atoms with E-state index in [0.717, 1.165) is 31.1 Å². The molecule has 0 spiro atoms. The zero-order chi connectivity index (χ0) is 21.1. The van der Waals surface area contributed by atoms with E-state index in [1.807, 2.05) is 18.2 Å². The number of sulfonamides is 1. The van der Waals surface area contributed by atoms with Gasteiger partial charge in [0.1, 0.15) is 5.69 Å². The molecule has 8 heteroatoms. The van der Waals surface area contributed by atoms with Crippen molar-refractivity contribution in [3.05, 3.63) is 54.2 Å². The largest absolute Gasteiger partial charge is 0.356 e. The lowest BCUT2D eigenvalue weighted by atomic mass is 9.96. The molecule has 1 aliphatic carbocycles. The molecule has 1 aromatic heterocycles. The van der Waals surface area contributed by atoms with Crippen LogP contribution in [0.15, 0.2) is 57.9 Å². The highest BCUT2D eigenvalue weighted by Gasteiger charge is 2.29. The molecule has 1 amide bonds. The summed E-state index contributed by atoms with van der Waals surface area (Å²) in [6.07, 6.45) is 5.18. The van der Waals surface area contributed by atoms with Gasteiger partial charge in [-0.1, -0.05) is 36.6 Å². The average Bonchev–Trinajstić information content (AvgIpc) is 3.17. The van der Waals surface area contributed by atoms with Crippen molar-refractivity contribution in [2.75, 3.05) is 12.4 Å². The predicted octanol–water partition coefficient (Wildman–Crippen LogP) is 3.96. The van der Waals surface area contributed by atoms with Crippen LogP contribution in [0.2, 0.25) is 0 Å². The van der Waals surface area contributed by atoms with Gasteiger partial charge >= 0.3 is 0 Å². The van der Waals surface area contributed by atoms with Crippen molar-refractivity contribution in [3.63, 3.8) is 0 Å². The van der Waals surface area contributed by atoms with E-state index in [2.05, 4.69) is 10.5 Å². The summed E-state index contributed by atoms with van der Waals surface area (Å²) in [4.78, 5) is 12.6. The molecule has 1 aliphatic rings. The molecule has 1 saturated carbocycles. The zero-order valence-electron chi connectivity index (χ0n) is 16.9. The highest BCUT2D eigenvalue weighted by Crippen LogP contribution is 2.27. The average molecular weight is 428 g/mol. The third-order valence-corrected chi connectivity index (χ3v) is 7.61. The number of nitrogens with zero attached hydrogens (tertiary/aromatic N) is 2. The third-order valence-electron chi connectivity index (χ3n) is 5.68. The molecule has 0 bridgehead atoms. The lowest BCUT2D eigenvalue weighted by Gasteiger charge is -2.30. The Morgan fingerprint density at radius 1 is 1.10 bits per heavy atom. The molecule has 1 heterocycles. The van der Waals surface area contributed by atoms with Gasteiger partial charge < -0.3 is 9.84 Å². The molecule has 30 heavy (non-hydrogen) atoms. The van der Waals surface area contributed by atoms with Crippen LogP contribution in [0, 0.1) is 0 Å². The number of para-hydroxylation sites is 1. The minimum atomic E-state index is -3.55. The van der Waals surface area contributed by atoms with E-state index < -0.39 is 10.0 Å². The molecule has 3 aromatic rings. The smallest absolute Gasteiger partial charge is 0.243 e. The SMILES string of the molecule is CN(C1CCCCC1)S(=O)(=O)c1ccc(NC(=O)Cc2noc3ccccc23)cc1. The van der Waals surface area contributed by atoms with Gasteiger partial charge in [0.2, 0.25) is 15.9 Å².